The molecule has 3 N–H and O–H groups in total. The molecule has 0 unspecified atom stereocenters. The SMILES string of the molecule is COc1cc(C(=O)NC2CCCCCC2)ccc1OCC(N)=O. The van der Waals surface area contributed by atoms with Crippen LogP contribution in [0.3, 0.4) is 0 Å². The summed E-state index contributed by atoms with van der Waals surface area (Å²) in [7, 11) is 1.49. The Balaban J connectivity index is 2.03. The van der Waals surface area contributed by atoms with Gasteiger partial charge in [-0.1, -0.05) is 25.7 Å². The first-order valence-electron chi connectivity index (χ1n) is 8.00. The summed E-state index contributed by atoms with van der Waals surface area (Å²) in [5.41, 5.74) is 5.57. The van der Waals surface area contributed by atoms with Crippen molar-refractivity contribution >= 4 is 11.8 Å². The molecule has 6 heteroatoms. The van der Waals surface area contributed by atoms with Gasteiger partial charge in [-0.25, -0.2) is 0 Å². The molecule has 1 aromatic rings. The monoisotopic (exact) mass is 320 g/mol. The standard InChI is InChI=1S/C17H24N2O4/c1-22-15-10-12(8-9-14(15)23-11-16(18)20)17(21)19-13-6-4-2-3-5-7-13/h8-10,13H,2-7,11H2,1H3,(H2,18,20)(H,19,21). The summed E-state index contributed by atoms with van der Waals surface area (Å²) < 4.78 is 10.5. The van der Waals surface area contributed by atoms with Crippen LogP contribution in [0, 0.1) is 0 Å². The van der Waals surface area contributed by atoms with Crippen LogP contribution >= 0.6 is 0 Å². The van der Waals surface area contributed by atoms with E-state index in [1.165, 1.54) is 20.0 Å². The molecule has 0 heterocycles. The molecule has 1 aliphatic rings. The largest absolute Gasteiger partial charge is 0.493 e. The molecule has 0 saturated heterocycles. The van der Waals surface area contributed by atoms with Gasteiger partial charge < -0.3 is 20.5 Å². The Hall–Kier alpha value is -2.24. The lowest BCUT2D eigenvalue weighted by Gasteiger charge is -2.17. The van der Waals surface area contributed by atoms with E-state index in [2.05, 4.69) is 5.32 Å². The van der Waals surface area contributed by atoms with Crippen molar-refractivity contribution < 1.29 is 19.1 Å². The Bertz CT molecular complexity index is 552. The highest BCUT2D eigenvalue weighted by Gasteiger charge is 2.17. The maximum atomic E-state index is 12.4. The third-order valence-corrected chi connectivity index (χ3v) is 3.99. The first-order valence-corrected chi connectivity index (χ1v) is 8.00. The number of primary amides is 1. The van der Waals surface area contributed by atoms with Gasteiger partial charge in [0.15, 0.2) is 18.1 Å². The minimum atomic E-state index is -0.567. The zero-order valence-corrected chi connectivity index (χ0v) is 13.5. The summed E-state index contributed by atoms with van der Waals surface area (Å²) in [5.74, 6) is 0.107. The van der Waals surface area contributed by atoms with Crippen LogP contribution in [0.4, 0.5) is 0 Å². The van der Waals surface area contributed by atoms with E-state index < -0.39 is 5.91 Å². The molecule has 2 rings (SSSR count). The summed E-state index contributed by atoms with van der Waals surface area (Å²) in [6.45, 7) is -0.232. The zero-order valence-electron chi connectivity index (χ0n) is 13.5. The van der Waals surface area contributed by atoms with Crippen molar-refractivity contribution in [1.29, 1.82) is 0 Å². The van der Waals surface area contributed by atoms with E-state index in [-0.39, 0.29) is 18.6 Å². The number of hydrogen-bond donors (Lipinski definition) is 2. The van der Waals surface area contributed by atoms with Crippen molar-refractivity contribution in [2.75, 3.05) is 13.7 Å². The predicted octanol–water partition coefficient (Wildman–Crippen LogP) is 2.01. The number of benzene rings is 1. The second kappa shape index (κ2) is 8.41. The normalized spacial score (nSPS) is 15.5. The van der Waals surface area contributed by atoms with Crippen molar-refractivity contribution in [2.24, 2.45) is 5.73 Å². The summed E-state index contributed by atoms with van der Waals surface area (Å²) in [6.07, 6.45) is 6.87. The minimum absolute atomic E-state index is 0.114. The molecule has 0 aromatic heterocycles. The van der Waals surface area contributed by atoms with Crippen molar-refractivity contribution in [3.05, 3.63) is 23.8 Å². The molecule has 1 aromatic carbocycles. The Labute approximate surface area is 136 Å². The van der Waals surface area contributed by atoms with Crippen LogP contribution in [0.5, 0.6) is 11.5 Å². The van der Waals surface area contributed by atoms with E-state index in [1.54, 1.807) is 18.2 Å². The van der Waals surface area contributed by atoms with E-state index in [1.807, 2.05) is 0 Å². The van der Waals surface area contributed by atoms with Gasteiger partial charge in [0, 0.05) is 11.6 Å². The molecular weight excluding hydrogens is 296 g/mol. The van der Waals surface area contributed by atoms with Crippen LogP contribution in [-0.4, -0.2) is 31.6 Å². The van der Waals surface area contributed by atoms with Crippen LogP contribution in [0.25, 0.3) is 0 Å². The van der Waals surface area contributed by atoms with Gasteiger partial charge in [0.2, 0.25) is 0 Å². The smallest absolute Gasteiger partial charge is 0.255 e. The van der Waals surface area contributed by atoms with E-state index in [4.69, 9.17) is 15.2 Å². The first kappa shape index (κ1) is 17.1. The van der Waals surface area contributed by atoms with Crippen LogP contribution in [0.15, 0.2) is 18.2 Å². The second-order valence-corrected chi connectivity index (χ2v) is 5.78. The molecule has 1 saturated carbocycles. The van der Waals surface area contributed by atoms with Crippen molar-refractivity contribution in [2.45, 2.75) is 44.6 Å². The van der Waals surface area contributed by atoms with Gasteiger partial charge >= 0.3 is 0 Å². The van der Waals surface area contributed by atoms with Gasteiger partial charge in [0.1, 0.15) is 0 Å². The Morgan fingerprint density at radius 3 is 2.48 bits per heavy atom. The van der Waals surface area contributed by atoms with Gasteiger partial charge in [-0.05, 0) is 31.0 Å². The molecule has 0 atom stereocenters. The molecule has 23 heavy (non-hydrogen) atoms. The fraction of sp³-hybridized carbons (Fsp3) is 0.529. The predicted molar refractivity (Wildman–Crippen MR) is 86.6 cm³/mol. The van der Waals surface area contributed by atoms with E-state index in [0.717, 1.165) is 25.7 Å². The Kier molecular flexibility index (Phi) is 6.26. The van der Waals surface area contributed by atoms with Crippen molar-refractivity contribution in [3.63, 3.8) is 0 Å². The Morgan fingerprint density at radius 1 is 1.17 bits per heavy atom. The number of nitrogens with two attached hydrogens (primary N) is 1. The van der Waals surface area contributed by atoms with Crippen molar-refractivity contribution in [1.82, 2.24) is 5.32 Å². The van der Waals surface area contributed by atoms with Gasteiger partial charge in [-0.15, -0.1) is 0 Å². The minimum Gasteiger partial charge on any atom is -0.493 e. The number of rotatable bonds is 6. The maximum absolute atomic E-state index is 12.4. The molecule has 2 amide bonds. The number of amides is 2. The third kappa shape index (κ3) is 5.16. The highest BCUT2D eigenvalue weighted by molar-refractivity contribution is 5.95. The second-order valence-electron chi connectivity index (χ2n) is 5.78. The summed E-state index contributed by atoms with van der Waals surface area (Å²) in [4.78, 5) is 23.2. The lowest BCUT2D eigenvalue weighted by molar-refractivity contribution is -0.119. The lowest BCUT2D eigenvalue weighted by Crippen LogP contribution is -2.34. The Morgan fingerprint density at radius 2 is 1.87 bits per heavy atom. The lowest BCUT2D eigenvalue weighted by atomic mass is 10.1. The number of ether oxygens (including phenoxy) is 2. The molecule has 0 bridgehead atoms. The first-order chi connectivity index (χ1) is 11.1. The summed E-state index contributed by atoms with van der Waals surface area (Å²) in [6, 6.07) is 5.12. The fourth-order valence-corrected chi connectivity index (χ4v) is 2.77. The maximum Gasteiger partial charge on any atom is 0.255 e. The molecule has 126 valence electrons. The number of methoxy groups -OCH3 is 1. The van der Waals surface area contributed by atoms with Gasteiger partial charge in [0.05, 0.1) is 7.11 Å². The molecule has 1 aliphatic carbocycles. The number of carbonyl (C=O) groups excluding carboxylic acids is 2. The number of hydrogen-bond acceptors (Lipinski definition) is 4. The fourth-order valence-electron chi connectivity index (χ4n) is 2.77. The number of carbonyl (C=O) groups is 2. The average Bonchev–Trinajstić information content (AvgIpc) is 2.81. The van der Waals surface area contributed by atoms with Crippen LogP contribution in [0.1, 0.15) is 48.9 Å². The molecule has 1 fully saturated rings. The number of nitrogens with one attached hydrogen (secondary N) is 1. The van der Waals surface area contributed by atoms with Crippen LogP contribution < -0.4 is 20.5 Å². The van der Waals surface area contributed by atoms with Crippen LogP contribution in [0.2, 0.25) is 0 Å². The third-order valence-electron chi connectivity index (χ3n) is 3.99. The van der Waals surface area contributed by atoms with Crippen molar-refractivity contribution in [3.8, 4) is 11.5 Å². The van der Waals surface area contributed by atoms with E-state index in [9.17, 15) is 9.59 Å². The quantitative estimate of drug-likeness (QED) is 0.785. The highest BCUT2D eigenvalue weighted by atomic mass is 16.5. The summed E-state index contributed by atoms with van der Waals surface area (Å²) in [5, 5.41) is 3.09. The molecule has 6 nitrogen and oxygen atoms in total. The molecule has 0 radical (unpaired) electrons. The van der Waals surface area contributed by atoms with E-state index >= 15 is 0 Å². The molecule has 0 aliphatic heterocycles. The zero-order chi connectivity index (χ0) is 16.7. The van der Waals surface area contributed by atoms with Gasteiger partial charge in [-0.3, -0.25) is 9.59 Å². The molecular formula is C17H24N2O4. The van der Waals surface area contributed by atoms with E-state index in [0.29, 0.717) is 17.1 Å². The summed E-state index contributed by atoms with van der Waals surface area (Å²) >= 11 is 0. The van der Waals surface area contributed by atoms with Gasteiger partial charge in [-0.2, -0.15) is 0 Å². The van der Waals surface area contributed by atoms with Gasteiger partial charge in [0.25, 0.3) is 11.8 Å². The molecule has 0 spiro atoms. The highest BCUT2D eigenvalue weighted by Crippen LogP contribution is 2.28. The average molecular weight is 320 g/mol. The van der Waals surface area contributed by atoms with Crippen LogP contribution in [-0.2, 0) is 4.79 Å². The topological polar surface area (TPSA) is 90.7 Å².